The Hall–Kier alpha value is -3.01. The van der Waals surface area contributed by atoms with Crippen LogP contribution >= 0.6 is 0 Å². The van der Waals surface area contributed by atoms with Crippen molar-refractivity contribution in [3.8, 4) is 5.75 Å². The van der Waals surface area contributed by atoms with Crippen LogP contribution in [0.25, 0.3) is 0 Å². The fourth-order valence-electron chi connectivity index (χ4n) is 3.66. The molecule has 2 aromatic carbocycles. The molecule has 0 N–H and O–H groups in total. The van der Waals surface area contributed by atoms with E-state index in [9.17, 15) is 4.79 Å². The number of nitrogens with zero attached hydrogens (tertiary/aromatic N) is 2. The van der Waals surface area contributed by atoms with Crippen molar-refractivity contribution in [2.75, 3.05) is 13.7 Å². The van der Waals surface area contributed by atoms with Gasteiger partial charge >= 0.3 is 0 Å². The van der Waals surface area contributed by atoms with Crippen molar-refractivity contribution in [2.24, 2.45) is 0 Å². The average Bonchev–Trinajstić information content (AvgIpc) is 3.17. The highest BCUT2D eigenvalue weighted by molar-refractivity contribution is 5.80. The second kappa shape index (κ2) is 7.08. The van der Waals surface area contributed by atoms with E-state index in [0.717, 1.165) is 30.0 Å². The Balaban J connectivity index is 1.62. The molecule has 0 bridgehead atoms. The van der Waals surface area contributed by atoms with Crippen molar-refractivity contribution < 1.29 is 9.53 Å². The smallest absolute Gasteiger partial charge is 0.227 e. The number of carbonyl (C=O) groups excluding carboxylic acids is 1. The third-order valence-electron chi connectivity index (χ3n) is 4.99. The zero-order chi connectivity index (χ0) is 17.9. The van der Waals surface area contributed by atoms with Crippen molar-refractivity contribution in [3.63, 3.8) is 0 Å². The molecule has 1 atom stereocenters. The molecule has 1 amide bonds. The minimum atomic E-state index is -0.0364. The van der Waals surface area contributed by atoms with Gasteiger partial charge in [-0.1, -0.05) is 42.5 Å². The summed E-state index contributed by atoms with van der Waals surface area (Å²) in [6.45, 7) is 1.55. The lowest BCUT2D eigenvalue weighted by Crippen LogP contribution is -2.43. The molecule has 0 aliphatic carbocycles. The molecule has 0 spiro atoms. The number of aromatic nitrogens is 1. The highest BCUT2D eigenvalue weighted by atomic mass is 16.5. The maximum atomic E-state index is 13.1. The van der Waals surface area contributed by atoms with Gasteiger partial charge in [0.25, 0.3) is 0 Å². The summed E-state index contributed by atoms with van der Waals surface area (Å²) < 4.78 is 7.44. The first-order valence-corrected chi connectivity index (χ1v) is 8.88. The lowest BCUT2D eigenvalue weighted by molar-refractivity contribution is -0.133. The number of amides is 1. The highest BCUT2D eigenvalue weighted by Crippen LogP contribution is 2.32. The summed E-state index contributed by atoms with van der Waals surface area (Å²) in [7, 11) is 1.65. The molecule has 4 heteroatoms. The first-order chi connectivity index (χ1) is 12.8. The molecular weight excluding hydrogens is 324 g/mol. The molecule has 4 rings (SSSR count). The number of hydrogen-bond acceptors (Lipinski definition) is 2. The van der Waals surface area contributed by atoms with Crippen LogP contribution in [0.5, 0.6) is 5.75 Å². The van der Waals surface area contributed by atoms with Gasteiger partial charge in [-0.25, -0.2) is 0 Å². The largest absolute Gasteiger partial charge is 0.497 e. The molecule has 0 radical (unpaired) electrons. The molecule has 0 fully saturated rings. The van der Waals surface area contributed by atoms with Gasteiger partial charge in [-0.2, -0.15) is 0 Å². The normalized spacial score (nSPS) is 16.2. The van der Waals surface area contributed by atoms with Crippen LogP contribution in [0.3, 0.4) is 0 Å². The summed E-state index contributed by atoms with van der Waals surface area (Å²) in [6, 6.07) is 22.1. The molecule has 1 unspecified atom stereocenters. The second-order valence-corrected chi connectivity index (χ2v) is 6.55. The van der Waals surface area contributed by atoms with Gasteiger partial charge in [0.1, 0.15) is 5.75 Å². The van der Waals surface area contributed by atoms with Crippen molar-refractivity contribution in [1.29, 1.82) is 0 Å². The summed E-state index contributed by atoms with van der Waals surface area (Å²) in [4.78, 5) is 15.1. The van der Waals surface area contributed by atoms with Crippen molar-refractivity contribution >= 4 is 5.91 Å². The summed E-state index contributed by atoms with van der Waals surface area (Å²) in [5.41, 5.74) is 3.32. The van der Waals surface area contributed by atoms with Crippen LogP contribution in [-0.2, 0) is 17.8 Å². The molecule has 0 saturated carbocycles. The fraction of sp³-hybridized carbons (Fsp3) is 0.227. The summed E-state index contributed by atoms with van der Waals surface area (Å²) >= 11 is 0. The van der Waals surface area contributed by atoms with E-state index >= 15 is 0 Å². The van der Waals surface area contributed by atoms with Crippen molar-refractivity contribution in [3.05, 3.63) is 89.7 Å². The number of rotatable bonds is 4. The maximum absolute atomic E-state index is 13.1. The van der Waals surface area contributed by atoms with Crippen LogP contribution in [0, 0.1) is 0 Å². The average molecular weight is 346 g/mol. The number of carbonyl (C=O) groups is 1. The second-order valence-electron chi connectivity index (χ2n) is 6.55. The lowest BCUT2D eigenvalue weighted by Gasteiger charge is -2.37. The van der Waals surface area contributed by atoms with E-state index in [1.165, 1.54) is 5.69 Å². The van der Waals surface area contributed by atoms with E-state index in [-0.39, 0.29) is 11.9 Å². The Morgan fingerprint density at radius 3 is 2.50 bits per heavy atom. The van der Waals surface area contributed by atoms with Gasteiger partial charge < -0.3 is 14.2 Å². The van der Waals surface area contributed by atoms with Crippen LogP contribution in [-0.4, -0.2) is 29.0 Å². The van der Waals surface area contributed by atoms with E-state index in [1.807, 2.05) is 47.4 Å². The van der Waals surface area contributed by atoms with E-state index in [4.69, 9.17) is 4.74 Å². The van der Waals surface area contributed by atoms with Crippen LogP contribution in [0.15, 0.2) is 72.9 Å². The highest BCUT2D eigenvalue weighted by Gasteiger charge is 2.31. The quantitative estimate of drug-likeness (QED) is 0.722. The predicted molar refractivity (Wildman–Crippen MR) is 101 cm³/mol. The number of hydrogen-bond donors (Lipinski definition) is 0. The monoisotopic (exact) mass is 346 g/mol. The molecule has 1 aliphatic heterocycles. The lowest BCUT2D eigenvalue weighted by atomic mass is 9.99. The van der Waals surface area contributed by atoms with E-state index in [1.54, 1.807) is 7.11 Å². The van der Waals surface area contributed by atoms with Gasteiger partial charge in [0.15, 0.2) is 0 Å². The van der Waals surface area contributed by atoms with E-state index < -0.39 is 0 Å². The molecular formula is C22H22N2O2. The molecule has 26 heavy (non-hydrogen) atoms. The summed E-state index contributed by atoms with van der Waals surface area (Å²) in [5.74, 6) is 0.954. The third-order valence-corrected chi connectivity index (χ3v) is 4.99. The minimum Gasteiger partial charge on any atom is -0.497 e. The van der Waals surface area contributed by atoms with Gasteiger partial charge in [0, 0.05) is 25.0 Å². The maximum Gasteiger partial charge on any atom is 0.227 e. The topological polar surface area (TPSA) is 34.5 Å². The Morgan fingerprint density at radius 1 is 1.00 bits per heavy atom. The van der Waals surface area contributed by atoms with Crippen LogP contribution < -0.4 is 4.74 Å². The molecule has 4 nitrogen and oxygen atoms in total. The first-order valence-electron chi connectivity index (χ1n) is 8.88. The fourth-order valence-corrected chi connectivity index (χ4v) is 3.66. The Bertz CT molecular complexity index is 884. The van der Waals surface area contributed by atoms with Crippen LogP contribution in [0.4, 0.5) is 0 Å². The standard InChI is InChI=1S/C22H22N2O2/c1-26-19-11-9-17(10-12-19)16-21(25)24-15-14-23-13-5-8-20(23)22(24)18-6-3-2-4-7-18/h2-13,22H,14-16H2,1H3. The number of methoxy groups -OCH3 is 1. The number of ether oxygens (including phenoxy) is 1. The molecule has 0 saturated heterocycles. The van der Waals surface area contributed by atoms with Crippen molar-refractivity contribution in [1.82, 2.24) is 9.47 Å². The van der Waals surface area contributed by atoms with Crippen molar-refractivity contribution in [2.45, 2.75) is 19.0 Å². The Kier molecular flexibility index (Phi) is 4.48. The molecule has 3 aromatic rings. The van der Waals surface area contributed by atoms with Crippen LogP contribution in [0.1, 0.15) is 22.9 Å². The summed E-state index contributed by atoms with van der Waals surface area (Å²) in [6.07, 6.45) is 2.49. The molecule has 2 heterocycles. The molecule has 1 aromatic heterocycles. The van der Waals surface area contributed by atoms with E-state index in [0.29, 0.717) is 6.42 Å². The predicted octanol–water partition coefficient (Wildman–Crippen LogP) is 3.67. The zero-order valence-electron chi connectivity index (χ0n) is 14.8. The van der Waals surface area contributed by atoms with Gasteiger partial charge in [0.05, 0.1) is 19.6 Å². The van der Waals surface area contributed by atoms with Gasteiger partial charge in [-0.05, 0) is 35.4 Å². The SMILES string of the molecule is COc1ccc(CC(=O)N2CCn3cccc3C2c2ccccc2)cc1. The first kappa shape index (κ1) is 16.5. The minimum absolute atomic E-state index is 0.0364. The molecule has 132 valence electrons. The number of benzene rings is 2. The van der Waals surface area contributed by atoms with E-state index in [2.05, 4.69) is 35.0 Å². The van der Waals surface area contributed by atoms with Gasteiger partial charge in [-0.15, -0.1) is 0 Å². The Labute approximate surface area is 153 Å². The zero-order valence-corrected chi connectivity index (χ0v) is 14.8. The Morgan fingerprint density at radius 2 is 1.77 bits per heavy atom. The van der Waals surface area contributed by atoms with Gasteiger partial charge in [-0.3, -0.25) is 4.79 Å². The summed E-state index contributed by atoms with van der Waals surface area (Å²) in [5, 5.41) is 0. The third kappa shape index (κ3) is 3.10. The van der Waals surface area contributed by atoms with Crippen LogP contribution in [0.2, 0.25) is 0 Å². The van der Waals surface area contributed by atoms with Gasteiger partial charge in [0.2, 0.25) is 5.91 Å². The molecule has 1 aliphatic rings. The number of fused-ring (bicyclic) bond motifs is 1.